The van der Waals surface area contributed by atoms with Crippen LogP contribution in [0.4, 0.5) is 0 Å². The van der Waals surface area contributed by atoms with Crippen LogP contribution in [0.25, 0.3) is 0 Å². The highest BCUT2D eigenvalue weighted by atomic mass is 28.4. The molecule has 0 amide bonds. The molecule has 0 bridgehead atoms. The summed E-state index contributed by atoms with van der Waals surface area (Å²) in [5.41, 5.74) is 3.23. The van der Waals surface area contributed by atoms with Crippen molar-refractivity contribution in [1.82, 2.24) is 0 Å². The predicted molar refractivity (Wildman–Crippen MR) is 136 cm³/mol. The maximum absolute atomic E-state index is 6.43. The molecule has 3 heteroatoms. The number of rotatable bonds is 8. The van der Waals surface area contributed by atoms with Crippen LogP contribution in [0.1, 0.15) is 66.2 Å². The average Bonchev–Trinajstić information content (AvgIpc) is 3.02. The monoisotopic (exact) mass is 442 g/mol. The molecule has 0 radical (unpaired) electrons. The summed E-state index contributed by atoms with van der Waals surface area (Å²) in [5, 5.41) is 0. The molecule has 1 saturated carbocycles. The minimum absolute atomic E-state index is 0.0145. The molecular weight excluding hydrogens is 396 g/mol. The van der Waals surface area contributed by atoms with Gasteiger partial charge in [-0.1, -0.05) is 63.1 Å². The van der Waals surface area contributed by atoms with Crippen molar-refractivity contribution >= 4 is 8.32 Å². The van der Waals surface area contributed by atoms with Crippen LogP contribution in [0.15, 0.2) is 47.6 Å². The maximum atomic E-state index is 6.43. The fourth-order valence-corrected chi connectivity index (χ4v) is 8.27. The summed E-state index contributed by atoms with van der Waals surface area (Å²) < 4.78 is 12.0. The van der Waals surface area contributed by atoms with E-state index in [0.717, 1.165) is 25.0 Å². The van der Waals surface area contributed by atoms with Crippen molar-refractivity contribution in [1.29, 1.82) is 0 Å². The first kappa shape index (κ1) is 24.7. The molecule has 1 fully saturated rings. The van der Waals surface area contributed by atoms with E-state index in [1.807, 2.05) is 0 Å². The van der Waals surface area contributed by atoms with E-state index in [-0.39, 0.29) is 5.60 Å². The molecule has 4 atom stereocenters. The number of allylic oxidation sites excluding steroid dienone is 5. The molecule has 0 saturated heterocycles. The van der Waals surface area contributed by atoms with E-state index >= 15 is 0 Å². The van der Waals surface area contributed by atoms with Gasteiger partial charge in [0.05, 0.1) is 18.8 Å². The highest BCUT2D eigenvalue weighted by Gasteiger charge is 2.49. The Kier molecular flexibility index (Phi) is 7.92. The molecule has 1 heterocycles. The summed E-state index contributed by atoms with van der Waals surface area (Å²) in [6, 6.07) is 0. The van der Waals surface area contributed by atoms with Gasteiger partial charge in [-0.05, 0) is 93.5 Å². The van der Waals surface area contributed by atoms with Crippen LogP contribution < -0.4 is 0 Å². The number of hydrogen-bond donors (Lipinski definition) is 0. The molecule has 0 spiro atoms. The Bertz CT molecular complexity index is 737. The summed E-state index contributed by atoms with van der Waals surface area (Å²) in [4.78, 5) is 0. The summed E-state index contributed by atoms with van der Waals surface area (Å²) in [5.74, 6) is 2.29. The van der Waals surface area contributed by atoms with Gasteiger partial charge in [0.25, 0.3) is 0 Å². The Labute approximate surface area is 193 Å². The average molecular weight is 443 g/mol. The molecule has 0 N–H and O–H groups in total. The second kappa shape index (κ2) is 9.93. The van der Waals surface area contributed by atoms with E-state index in [4.69, 9.17) is 9.16 Å². The molecular formula is C28H46O2Si. The summed E-state index contributed by atoms with van der Waals surface area (Å²) in [6.45, 7) is 18.0. The topological polar surface area (TPSA) is 18.5 Å². The zero-order valence-corrected chi connectivity index (χ0v) is 22.2. The van der Waals surface area contributed by atoms with Crippen molar-refractivity contribution in [2.75, 3.05) is 13.2 Å². The van der Waals surface area contributed by atoms with E-state index in [2.05, 4.69) is 83.8 Å². The van der Waals surface area contributed by atoms with Gasteiger partial charge in [-0.2, -0.15) is 0 Å². The number of ether oxygens (including phenoxy) is 1. The molecule has 174 valence electrons. The Morgan fingerprint density at radius 1 is 1.19 bits per heavy atom. The normalized spacial score (nSPS) is 32.6. The molecule has 0 unspecified atom stereocenters. The number of hydrogen-bond acceptors (Lipinski definition) is 2. The van der Waals surface area contributed by atoms with Crippen LogP contribution in [0.3, 0.4) is 0 Å². The quantitative estimate of drug-likeness (QED) is 0.356. The summed E-state index contributed by atoms with van der Waals surface area (Å²) >= 11 is 0. The first-order valence-electron chi connectivity index (χ1n) is 12.5. The first-order chi connectivity index (χ1) is 14.5. The van der Waals surface area contributed by atoms with E-state index in [0.29, 0.717) is 11.3 Å². The second-order valence-electron chi connectivity index (χ2n) is 12.0. The lowest BCUT2D eigenvalue weighted by atomic mass is 9.62. The van der Waals surface area contributed by atoms with Gasteiger partial charge in [0.2, 0.25) is 0 Å². The molecule has 0 aromatic rings. The smallest absolute Gasteiger partial charge is 0.184 e. The van der Waals surface area contributed by atoms with Gasteiger partial charge < -0.3 is 9.16 Å². The fraction of sp³-hybridized carbons (Fsp3) is 0.714. The van der Waals surface area contributed by atoms with Crippen molar-refractivity contribution in [3.05, 3.63) is 47.6 Å². The van der Waals surface area contributed by atoms with E-state index in [1.54, 1.807) is 0 Å². The van der Waals surface area contributed by atoms with E-state index in [9.17, 15) is 0 Å². The van der Waals surface area contributed by atoms with Gasteiger partial charge in [-0.3, -0.25) is 0 Å². The Hall–Kier alpha value is -0.903. The largest absolute Gasteiger partial charge is 0.413 e. The first-order valence-corrected chi connectivity index (χ1v) is 15.9. The van der Waals surface area contributed by atoms with Crippen LogP contribution in [-0.2, 0) is 9.16 Å². The van der Waals surface area contributed by atoms with Crippen molar-refractivity contribution in [2.24, 2.45) is 23.2 Å². The highest BCUT2D eigenvalue weighted by Crippen LogP contribution is 2.58. The lowest BCUT2D eigenvalue weighted by Gasteiger charge is -2.42. The minimum atomic E-state index is -1.49. The standard InChI is InChI=1S/C28H46O2Si/c1-22(11-8-18-27(2,3)30-31(5,6)7)25-16-17-26-24(13-9-19-28(25,26)4)15-14-23-12-10-20-29-21-23/h9-10,12-15,22,25-26H,8,11,16-21H2,1-7H3/b23-14+,24-15+/t22-,25-,26+,28-/m1/s1. The summed E-state index contributed by atoms with van der Waals surface area (Å²) in [7, 11) is -1.49. The van der Waals surface area contributed by atoms with Crippen LogP contribution >= 0.6 is 0 Å². The lowest BCUT2D eigenvalue weighted by Crippen LogP contribution is -2.38. The summed E-state index contributed by atoms with van der Waals surface area (Å²) in [6.07, 6.45) is 21.5. The zero-order valence-electron chi connectivity index (χ0n) is 21.2. The molecule has 31 heavy (non-hydrogen) atoms. The number of fused-ring (bicyclic) bond motifs is 1. The van der Waals surface area contributed by atoms with Crippen LogP contribution in [0.5, 0.6) is 0 Å². The SMILES string of the molecule is C[C@H](CCCC(C)(C)O[Si](C)(C)C)[C@H]1CC[C@H]2/C(=C/C=C3\C=CCOC3)C=CC[C@]12C. The fourth-order valence-electron chi connectivity index (χ4n) is 6.51. The second-order valence-corrected chi connectivity index (χ2v) is 16.4. The molecule has 2 aliphatic carbocycles. The highest BCUT2D eigenvalue weighted by molar-refractivity contribution is 6.69. The van der Waals surface area contributed by atoms with E-state index in [1.165, 1.54) is 49.7 Å². The minimum Gasteiger partial charge on any atom is -0.413 e. The maximum Gasteiger partial charge on any atom is 0.184 e. The van der Waals surface area contributed by atoms with Crippen LogP contribution in [0, 0.1) is 23.2 Å². The third-order valence-corrected chi connectivity index (χ3v) is 8.86. The molecule has 2 nitrogen and oxygen atoms in total. The van der Waals surface area contributed by atoms with Crippen LogP contribution in [-0.4, -0.2) is 27.1 Å². The van der Waals surface area contributed by atoms with Crippen molar-refractivity contribution < 1.29 is 9.16 Å². The third-order valence-electron chi connectivity index (χ3n) is 7.69. The Balaban J connectivity index is 1.61. The Morgan fingerprint density at radius 3 is 2.65 bits per heavy atom. The molecule has 3 rings (SSSR count). The van der Waals surface area contributed by atoms with Gasteiger partial charge in [-0.15, -0.1) is 0 Å². The van der Waals surface area contributed by atoms with Gasteiger partial charge >= 0.3 is 0 Å². The Morgan fingerprint density at radius 2 is 1.97 bits per heavy atom. The van der Waals surface area contributed by atoms with Gasteiger partial charge in [0.1, 0.15) is 0 Å². The molecule has 0 aromatic heterocycles. The zero-order chi connectivity index (χ0) is 22.7. The molecule has 0 aromatic carbocycles. The van der Waals surface area contributed by atoms with Crippen LogP contribution in [0.2, 0.25) is 19.6 Å². The van der Waals surface area contributed by atoms with Gasteiger partial charge in [0.15, 0.2) is 8.32 Å². The molecule has 1 aliphatic heterocycles. The third kappa shape index (κ3) is 6.55. The van der Waals surface area contributed by atoms with Gasteiger partial charge in [-0.25, -0.2) is 0 Å². The van der Waals surface area contributed by atoms with Crippen molar-refractivity contribution in [3.63, 3.8) is 0 Å². The van der Waals surface area contributed by atoms with E-state index < -0.39 is 8.32 Å². The van der Waals surface area contributed by atoms with Crippen molar-refractivity contribution in [3.8, 4) is 0 Å². The molecule has 3 aliphatic rings. The van der Waals surface area contributed by atoms with Gasteiger partial charge in [0, 0.05) is 0 Å². The predicted octanol–water partition coefficient (Wildman–Crippen LogP) is 7.85. The lowest BCUT2D eigenvalue weighted by molar-refractivity contribution is 0.0800. The van der Waals surface area contributed by atoms with Crippen molar-refractivity contribution in [2.45, 2.75) is 91.5 Å².